The number of ketones is 1. The normalized spacial score (nSPS) is 11.9. The predicted octanol–water partition coefficient (Wildman–Crippen LogP) is 4.56. The van der Waals surface area contributed by atoms with Gasteiger partial charge >= 0.3 is 11.9 Å². The summed E-state index contributed by atoms with van der Waals surface area (Å²) in [6.45, 7) is 11.0. The van der Waals surface area contributed by atoms with Crippen molar-refractivity contribution in [1.82, 2.24) is 4.98 Å². The fraction of sp³-hybridized carbons (Fsp3) is 0.476. The number of aromatic nitrogens is 1. The topological polar surface area (TPSA) is 85.5 Å². The minimum absolute atomic E-state index is 0.250. The maximum Gasteiger partial charge on any atom is 0.349 e. The maximum atomic E-state index is 12.8. The van der Waals surface area contributed by atoms with Gasteiger partial charge in [-0.2, -0.15) is 0 Å². The van der Waals surface area contributed by atoms with E-state index in [2.05, 4.69) is 11.9 Å². The maximum absolute atomic E-state index is 12.8. The summed E-state index contributed by atoms with van der Waals surface area (Å²) in [7, 11) is 0. The van der Waals surface area contributed by atoms with E-state index < -0.39 is 18.0 Å². The van der Waals surface area contributed by atoms with Crippen molar-refractivity contribution in [2.75, 3.05) is 6.61 Å². The molecule has 0 unspecified atom stereocenters. The van der Waals surface area contributed by atoms with Crippen LogP contribution in [0.4, 0.5) is 0 Å². The van der Waals surface area contributed by atoms with Crippen LogP contribution in [0.3, 0.4) is 0 Å². The van der Waals surface area contributed by atoms with Crippen LogP contribution in [-0.4, -0.2) is 35.4 Å². The van der Waals surface area contributed by atoms with Crippen molar-refractivity contribution >= 4 is 29.1 Å². The van der Waals surface area contributed by atoms with E-state index in [-0.39, 0.29) is 18.1 Å². The van der Waals surface area contributed by atoms with Gasteiger partial charge < -0.3 is 14.5 Å². The zero-order valence-electron chi connectivity index (χ0n) is 17.2. The number of carbonyl (C=O) groups is 3. The number of rotatable bonds is 8. The lowest BCUT2D eigenvalue weighted by molar-refractivity contribution is 0.0321. The van der Waals surface area contributed by atoms with Gasteiger partial charge in [-0.3, -0.25) is 4.79 Å². The van der Waals surface area contributed by atoms with Crippen LogP contribution in [0.1, 0.15) is 79.4 Å². The summed E-state index contributed by atoms with van der Waals surface area (Å²) in [6, 6.07) is 1.84. The van der Waals surface area contributed by atoms with Gasteiger partial charge in [-0.15, -0.1) is 11.3 Å². The quantitative estimate of drug-likeness (QED) is 0.514. The molecule has 2 aromatic heterocycles. The Hall–Kier alpha value is -2.41. The van der Waals surface area contributed by atoms with Crippen molar-refractivity contribution in [3.63, 3.8) is 0 Å². The molecule has 0 aliphatic rings. The molecule has 152 valence electrons. The lowest BCUT2D eigenvalue weighted by Gasteiger charge is -2.11. The zero-order chi connectivity index (χ0) is 21.0. The van der Waals surface area contributed by atoms with Gasteiger partial charge in [-0.1, -0.05) is 13.3 Å². The van der Waals surface area contributed by atoms with Gasteiger partial charge in [-0.05, 0) is 58.2 Å². The molecule has 7 heteroatoms. The largest absolute Gasteiger partial charge is 0.462 e. The van der Waals surface area contributed by atoms with Gasteiger partial charge in [0.1, 0.15) is 4.88 Å². The molecule has 0 spiro atoms. The highest BCUT2D eigenvalue weighted by molar-refractivity contribution is 7.14. The van der Waals surface area contributed by atoms with Gasteiger partial charge in [0.25, 0.3) is 0 Å². The van der Waals surface area contributed by atoms with E-state index in [1.165, 1.54) is 18.3 Å². The number of thiophene rings is 1. The number of ether oxygens (including phenoxy) is 2. The van der Waals surface area contributed by atoms with Crippen molar-refractivity contribution in [2.24, 2.45) is 0 Å². The molecule has 0 radical (unpaired) electrons. The van der Waals surface area contributed by atoms with Crippen molar-refractivity contribution in [1.29, 1.82) is 0 Å². The van der Waals surface area contributed by atoms with Gasteiger partial charge in [0.15, 0.2) is 6.10 Å². The van der Waals surface area contributed by atoms with E-state index in [0.29, 0.717) is 21.7 Å². The van der Waals surface area contributed by atoms with Crippen LogP contribution in [0.2, 0.25) is 0 Å². The molecule has 2 aromatic rings. The van der Waals surface area contributed by atoms with Crippen molar-refractivity contribution < 1.29 is 23.9 Å². The summed E-state index contributed by atoms with van der Waals surface area (Å²) in [5.74, 6) is -1.37. The highest BCUT2D eigenvalue weighted by Crippen LogP contribution is 2.25. The highest BCUT2D eigenvalue weighted by Gasteiger charge is 2.28. The molecule has 2 heterocycles. The van der Waals surface area contributed by atoms with Crippen molar-refractivity contribution in [2.45, 2.75) is 60.5 Å². The first-order valence-corrected chi connectivity index (χ1v) is 10.2. The predicted molar refractivity (Wildman–Crippen MR) is 108 cm³/mol. The highest BCUT2D eigenvalue weighted by atomic mass is 32.1. The molecule has 0 aliphatic carbocycles. The molecule has 0 fully saturated rings. The first-order valence-electron chi connectivity index (χ1n) is 9.41. The van der Waals surface area contributed by atoms with E-state index >= 15 is 0 Å². The minimum Gasteiger partial charge on any atom is -0.462 e. The van der Waals surface area contributed by atoms with E-state index in [1.54, 1.807) is 20.8 Å². The summed E-state index contributed by atoms with van der Waals surface area (Å²) < 4.78 is 10.4. The number of hydrogen-bond donors (Lipinski definition) is 1. The molecule has 6 nitrogen and oxygen atoms in total. The first-order chi connectivity index (χ1) is 13.2. The molecular weight excluding hydrogens is 378 g/mol. The first kappa shape index (κ1) is 21.9. The van der Waals surface area contributed by atoms with E-state index in [0.717, 1.165) is 23.3 Å². The molecule has 0 aromatic carbocycles. The molecule has 2 rings (SSSR count). The van der Waals surface area contributed by atoms with Gasteiger partial charge in [-0.25, -0.2) is 9.59 Å². The number of carbonyl (C=O) groups excluding carboxylic acids is 3. The monoisotopic (exact) mass is 405 g/mol. The van der Waals surface area contributed by atoms with Crippen molar-refractivity contribution in [3.8, 4) is 0 Å². The number of nitrogens with one attached hydrogen (secondary N) is 1. The van der Waals surface area contributed by atoms with Crippen LogP contribution in [-0.2, 0) is 15.9 Å². The smallest absolute Gasteiger partial charge is 0.349 e. The Morgan fingerprint density at radius 1 is 1.14 bits per heavy atom. The number of Topliss-reactive ketones (excluding diaryl/α,β-unsaturated/α-hetero) is 1. The lowest BCUT2D eigenvalue weighted by Crippen LogP contribution is -2.25. The molecular formula is C21H27NO5S. The standard InChI is InChI=1S/C21H27NO5S/c1-7-9-15-10-16(28-14(15)6)20(24)27-13(5)19(23)18-11(3)17(12(4)22-18)21(25)26-8-2/h10,13,22H,7-9H2,1-6H3/t13-/m1/s1. The third-order valence-electron chi connectivity index (χ3n) is 4.56. The molecule has 0 saturated carbocycles. The summed E-state index contributed by atoms with van der Waals surface area (Å²) in [5.41, 5.74) is 2.79. The average Bonchev–Trinajstić information content (AvgIpc) is 3.14. The Labute approximate surface area is 169 Å². The molecule has 1 atom stereocenters. The summed E-state index contributed by atoms with van der Waals surface area (Å²) in [4.78, 5) is 41.9. The van der Waals surface area contributed by atoms with E-state index in [9.17, 15) is 14.4 Å². The Kier molecular flexibility index (Phi) is 7.18. The van der Waals surface area contributed by atoms with Crippen LogP contribution in [0.25, 0.3) is 0 Å². The van der Waals surface area contributed by atoms with Gasteiger partial charge in [0.05, 0.1) is 17.9 Å². The second-order valence-electron chi connectivity index (χ2n) is 6.70. The Morgan fingerprint density at radius 2 is 1.82 bits per heavy atom. The summed E-state index contributed by atoms with van der Waals surface area (Å²) in [6.07, 6.45) is 0.924. The Balaban J connectivity index is 2.17. The second kappa shape index (κ2) is 9.19. The fourth-order valence-electron chi connectivity index (χ4n) is 3.12. The molecule has 0 bridgehead atoms. The van der Waals surface area contributed by atoms with Crippen LogP contribution >= 0.6 is 11.3 Å². The van der Waals surface area contributed by atoms with Gasteiger partial charge in [0, 0.05) is 10.6 Å². The third kappa shape index (κ3) is 4.52. The molecule has 28 heavy (non-hydrogen) atoms. The third-order valence-corrected chi connectivity index (χ3v) is 5.63. The number of aromatic amines is 1. The molecule has 1 N–H and O–H groups in total. The SMILES string of the molecule is CCCc1cc(C(=O)O[C@H](C)C(=O)c2[nH]c(C)c(C(=O)OCC)c2C)sc1C. The van der Waals surface area contributed by atoms with Crippen LogP contribution in [0, 0.1) is 20.8 Å². The van der Waals surface area contributed by atoms with Crippen LogP contribution in [0.15, 0.2) is 6.07 Å². The Bertz CT molecular complexity index is 893. The average molecular weight is 406 g/mol. The number of esters is 2. The zero-order valence-corrected chi connectivity index (χ0v) is 18.0. The van der Waals surface area contributed by atoms with Crippen molar-refractivity contribution in [3.05, 3.63) is 43.9 Å². The van der Waals surface area contributed by atoms with Gasteiger partial charge in [0.2, 0.25) is 5.78 Å². The summed E-state index contributed by atoms with van der Waals surface area (Å²) in [5, 5.41) is 0. The minimum atomic E-state index is -0.976. The number of hydrogen-bond acceptors (Lipinski definition) is 6. The van der Waals surface area contributed by atoms with Crippen LogP contribution in [0.5, 0.6) is 0 Å². The number of H-pyrrole nitrogens is 1. The van der Waals surface area contributed by atoms with E-state index in [4.69, 9.17) is 9.47 Å². The van der Waals surface area contributed by atoms with E-state index in [1.807, 2.05) is 13.0 Å². The molecule has 0 saturated heterocycles. The molecule has 0 aliphatic heterocycles. The summed E-state index contributed by atoms with van der Waals surface area (Å²) >= 11 is 1.38. The molecule has 0 amide bonds. The van der Waals surface area contributed by atoms with Crippen LogP contribution < -0.4 is 0 Å². The fourth-order valence-corrected chi connectivity index (χ4v) is 4.07. The number of aryl methyl sites for hydroxylation is 3. The Morgan fingerprint density at radius 3 is 2.43 bits per heavy atom. The lowest BCUT2D eigenvalue weighted by atomic mass is 10.1. The second-order valence-corrected chi connectivity index (χ2v) is 7.96.